The number of nitrogens with one attached hydrogen (secondary N) is 1. The number of carbonyl (C=O) groups is 1. The number of hydrogen-bond donors (Lipinski definition) is 2. The van der Waals surface area contributed by atoms with Crippen molar-refractivity contribution in [2.45, 2.75) is 26.3 Å². The molecule has 0 aromatic rings. The average molecular weight is 248 g/mol. The third kappa shape index (κ3) is 9.00. The molecular weight excluding hydrogens is 224 g/mol. The monoisotopic (exact) mass is 248 g/mol. The summed E-state index contributed by atoms with van der Waals surface area (Å²) in [6, 6.07) is -0.391. The lowest BCUT2D eigenvalue weighted by molar-refractivity contribution is -0.122. The van der Waals surface area contributed by atoms with Crippen molar-refractivity contribution in [1.82, 2.24) is 5.32 Å². The zero-order valence-electron chi connectivity index (χ0n) is 10.5. The molecule has 16 heavy (non-hydrogen) atoms. The van der Waals surface area contributed by atoms with Crippen LogP contribution in [-0.2, 0) is 9.53 Å². The lowest BCUT2D eigenvalue weighted by atomic mass is 10.2. The first-order valence-electron chi connectivity index (χ1n) is 5.68. The van der Waals surface area contributed by atoms with E-state index in [1.807, 2.05) is 6.26 Å². The molecule has 96 valence electrons. The minimum Gasteiger partial charge on any atom is -0.379 e. The number of ether oxygens (including phenoxy) is 1. The predicted molar refractivity (Wildman–Crippen MR) is 69.6 cm³/mol. The largest absolute Gasteiger partial charge is 0.379 e. The van der Waals surface area contributed by atoms with Crippen molar-refractivity contribution in [3.8, 4) is 0 Å². The van der Waals surface area contributed by atoms with Crippen molar-refractivity contribution in [2.75, 3.05) is 31.8 Å². The van der Waals surface area contributed by atoms with Crippen molar-refractivity contribution < 1.29 is 9.53 Å². The molecule has 0 aromatic carbocycles. The van der Waals surface area contributed by atoms with Crippen LogP contribution in [0.15, 0.2) is 0 Å². The summed E-state index contributed by atoms with van der Waals surface area (Å²) in [5, 5.41) is 2.77. The summed E-state index contributed by atoms with van der Waals surface area (Å²) < 4.78 is 5.35. The van der Waals surface area contributed by atoms with Gasteiger partial charge in [-0.3, -0.25) is 4.79 Å². The zero-order valence-corrected chi connectivity index (χ0v) is 11.3. The molecule has 1 amide bonds. The molecule has 0 aliphatic heterocycles. The smallest absolute Gasteiger partial charge is 0.237 e. The second-order valence-corrected chi connectivity index (χ2v) is 5.13. The molecule has 0 radical (unpaired) electrons. The summed E-state index contributed by atoms with van der Waals surface area (Å²) in [7, 11) is 0. The molecule has 3 N–H and O–H groups in total. The molecule has 0 bridgehead atoms. The molecule has 1 atom stereocenters. The van der Waals surface area contributed by atoms with Crippen LogP contribution in [0.5, 0.6) is 0 Å². The van der Waals surface area contributed by atoms with Crippen LogP contribution in [0.3, 0.4) is 0 Å². The first-order chi connectivity index (χ1) is 7.57. The van der Waals surface area contributed by atoms with E-state index in [2.05, 4.69) is 19.2 Å². The van der Waals surface area contributed by atoms with Gasteiger partial charge in [0, 0.05) is 13.2 Å². The fraction of sp³-hybridized carbons (Fsp3) is 0.909. The van der Waals surface area contributed by atoms with Gasteiger partial charge in [0.25, 0.3) is 0 Å². The molecule has 0 aliphatic rings. The van der Waals surface area contributed by atoms with E-state index in [0.29, 0.717) is 19.1 Å². The van der Waals surface area contributed by atoms with Gasteiger partial charge in [0.05, 0.1) is 12.6 Å². The fourth-order valence-electron chi connectivity index (χ4n) is 1.07. The molecule has 0 saturated carbocycles. The molecule has 0 rings (SSSR count). The Morgan fingerprint density at radius 1 is 1.50 bits per heavy atom. The number of rotatable bonds is 9. The third-order valence-electron chi connectivity index (χ3n) is 1.97. The number of carbonyl (C=O) groups excluding carboxylic acids is 1. The van der Waals surface area contributed by atoms with E-state index in [-0.39, 0.29) is 5.91 Å². The SMILES string of the molecule is CSCC[C@H](N)C(=O)NCCOCC(C)C. The van der Waals surface area contributed by atoms with Crippen molar-refractivity contribution >= 4 is 17.7 Å². The highest BCUT2D eigenvalue weighted by Gasteiger charge is 2.11. The number of nitrogens with two attached hydrogens (primary N) is 1. The van der Waals surface area contributed by atoms with E-state index in [4.69, 9.17) is 10.5 Å². The summed E-state index contributed by atoms with van der Waals surface area (Å²) in [5.74, 6) is 1.36. The maximum atomic E-state index is 11.4. The van der Waals surface area contributed by atoms with Crippen LogP contribution >= 0.6 is 11.8 Å². The summed E-state index contributed by atoms with van der Waals surface area (Å²) in [6.45, 7) is 6.01. The van der Waals surface area contributed by atoms with Gasteiger partial charge >= 0.3 is 0 Å². The standard InChI is InChI=1S/C11H24N2O2S/c1-9(2)8-15-6-5-13-11(14)10(12)4-7-16-3/h9-10H,4-8,12H2,1-3H3,(H,13,14)/t10-/m0/s1. The van der Waals surface area contributed by atoms with Gasteiger partial charge in [0.1, 0.15) is 0 Å². The summed E-state index contributed by atoms with van der Waals surface area (Å²) in [5.41, 5.74) is 5.70. The highest BCUT2D eigenvalue weighted by molar-refractivity contribution is 7.98. The first kappa shape index (κ1) is 15.7. The Kier molecular flexibility index (Phi) is 9.77. The van der Waals surface area contributed by atoms with Crippen molar-refractivity contribution in [3.63, 3.8) is 0 Å². The van der Waals surface area contributed by atoms with Crippen molar-refractivity contribution in [3.05, 3.63) is 0 Å². The van der Waals surface area contributed by atoms with E-state index in [1.165, 1.54) is 0 Å². The predicted octanol–water partition coefficient (Wildman–Crippen LogP) is 0.856. The van der Waals surface area contributed by atoms with Crippen molar-refractivity contribution in [2.24, 2.45) is 11.7 Å². The molecule has 0 saturated heterocycles. The topological polar surface area (TPSA) is 64.4 Å². The van der Waals surface area contributed by atoms with Gasteiger partial charge in [-0.05, 0) is 24.3 Å². The van der Waals surface area contributed by atoms with Gasteiger partial charge in [-0.2, -0.15) is 11.8 Å². The molecule has 4 nitrogen and oxygen atoms in total. The van der Waals surface area contributed by atoms with Gasteiger partial charge in [0.2, 0.25) is 5.91 Å². The highest BCUT2D eigenvalue weighted by atomic mass is 32.2. The van der Waals surface area contributed by atoms with Gasteiger partial charge < -0.3 is 15.8 Å². The normalized spacial score (nSPS) is 12.8. The van der Waals surface area contributed by atoms with Gasteiger partial charge in [-0.25, -0.2) is 0 Å². The third-order valence-corrected chi connectivity index (χ3v) is 2.61. The quantitative estimate of drug-likeness (QED) is 0.594. The Hall–Kier alpha value is -0.260. The summed E-state index contributed by atoms with van der Waals surface area (Å²) in [6.07, 6.45) is 2.73. The molecule has 0 aliphatic carbocycles. The number of hydrogen-bond acceptors (Lipinski definition) is 4. The average Bonchev–Trinajstić information content (AvgIpc) is 2.24. The molecule has 0 aromatic heterocycles. The van der Waals surface area contributed by atoms with E-state index in [1.54, 1.807) is 11.8 Å². The van der Waals surface area contributed by atoms with Crippen LogP contribution in [-0.4, -0.2) is 43.7 Å². The fourth-order valence-corrected chi connectivity index (χ4v) is 1.56. The van der Waals surface area contributed by atoms with E-state index in [9.17, 15) is 4.79 Å². The maximum Gasteiger partial charge on any atom is 0.237 e. The lowest BCUT2D eigenvalue weighted by Gasteiger charge is -2.12. The van der Waals surface area contributed by atoms with E-state index in [0.717, 1.165) is 18.8 Å². The number of thioether (sulfide) groups is 1. The summed E-state index contributed by atoms with van der Waals surface area (Å²) >= 11 is 1.70. The minimum absolute atomic E-state index is 0.0813. The van der Waals surface area contributed by atoms with Crippen molar-refractivity contribution in [1.29, 1.82) is 0 Å². The molecule has 0 unspecified atom stereocenters. The van der Waals surface area contributed by atoms with Crippen LogP contribution in [0.2, 0.25) is 0 Å². The maximum absolute atomic E-state index is 11.4. The minimum atomic E-state index is -0.391. The van der Waals surface area contributed by atoms with Crippen LogP contribution in [0, 0.1) is 5.92 Å². The van der Waals surface area contributed by atoms with Gasteiger partial charge in [-0.15, -0.1) is 0 Å². The lowest BCUT2D eigenvalue weighted by Crippen LogP contribution is -2.42. The molecule has 0 fully saturated rings. The van der Waals surface area contributed by atoms with E-state index < -0.39 is 6.04 Å². The van der Waals surface area contributed by atoms with E-state index >= 15 is 0 Å². The Balaban J connectivity index is 3.42. The second-order valence-electron chi connectivity index (χ2n) is 4.15. The Labute approximate surface area is 103 Å². The van der Waals surface area contributed by atoms with Crippen LogP contribution in [0.25, 0.3) is 0 Å². The Bertz CT molecular complexity index is 189. The zero-order chi connectivity index (χ0) is 12.4. The highest BCUT2D eigenvalue weighted by Crippen LogP contribution is 1.98. The van der Waals surface area contributed by atoms with Crippen LogP contribution < -0.4 is 11.1 Å². The molecule has 5 heteroatoms. The second kappa shape index (κ2) is 9.93. The van der Waals surface area contributed by atoms with Crippen LogP contribution in [0.4, 0.5) is 0 Å². The Morgan fingerprint density at radius 2 is 2.19 bits per heavy atom. The number of amides is 1. The van der Waals surface area contributed by atoms with Gasteiger partial charge in [-0.1, -0.05) is 13.8 Å². The molecule has 0 heterocycles. The molecule has 0 spiro atoms. The van der Waals surface area contributed by atoms with Gasteiger partial charge in [0.15, 0.2) is 0 Å². The Morgan fingerprint density at radius 3 is 2.75 bits per heavy atom. The van der Waals surface area contributed by atoms with Crippen LogP contribution in [0.1, 0.15) is 20.3 Å². The first-order valence-corrected chi connectivity index (χ1v) is 7.07. The molecular formula is C11H24N2O2S. The summed E-state index contributed by atoms with van der Waals surface area (Å²) in [4.78, 5) is 11.4.